The highest BCUT2D eigenvalue weighted by atomic mass is 16.5. The first kappa shape index (κ1) is 18.6. The molecule has 6 rings (SSSR count). The molecule has 0 bridgehead atoms. The topological polar surface area (TPSA) is 74.3 Å². The molecule has 0 N–H and O–H groups in total. The number of ether oxygens (including phenoxy) is 1. The van der Waals surface area contributed by atoms with E-state index in [-0.39, 0.29) is 5.78 Å². The van der Waals surface area contributed by atoms with Gasteiger partial charge in [-0.15, -0.1) is 0 Å². The fourth-order valence-corrected chi connectivity index (χ4v) is 4.24. The fourth-order valence-electron chi connectivity index (χ4n) is 4.24. The van der Waals surface area contributed by atoms with Crippen molar-refractivity contribution in [2.24, 2.45) is 0 Å². The van der Waals surface area contributed by atoms with Gasteiger partial charge in [0, 0.05) is 18.0 Å². The molecule has 0 radical (unpaired) electrons. The minimum absolute atomic E-state index is 0.0835. The van der Waals surface area contributed by atoms with E-state index in [9.17, 15) is 9.59 Å². The lowest BCUT2D eigenvalue weighted by atomic mass is 9.98. The number of hydrogen-bond donors (Lipinski definition) is 0. The Balaban J connectivity index is 1.42. The second kappa shape index (κ2) is 7.20. The zero-order chi connectivity index (χ0) is 21.7. The van der Waals surface area contributed by atoms with Crippen molar-refractivity contribution >= 4 is 27.8 Å². The van der Waals surface area contributed by atoms with Gasteiger partial charge in [0.1, 0.15) is 5.75 Å². The zero-order valence-corrected chi connectivity index (χ0v) is 17.1. The standard InChI is InChI=1S/C26H18N2O4/c29-23-9-11-31-24-7-4-17(13-20(23)24)18-5-8-25-22(14-18)28(26(30)32-25)15-16-3-6-21-19(12-16)2-1-10-27-21/h1-8,10,12-14H,9,11,15H2. The van der Waals surface area contributed by atoms with Crippen LogP contribution in [0, 0.1) is 0 Å². The second-order valence-electron chi connectivity index (χ2n) is 7.90. The number of fused-ring (bicyclic) bond motifs is 3. The SMILES string of the molecule is O=C1CCOc2ccc(-c3ccc4oc(=O)n(Cc5ccc6ncccc6c5)c4c3)cc21. The third kappa shape index (κ3) is 3.08. The highest BCUT2D eigenvalue weighted by Crippen LogP contribution is 2.31. The minimum Gasteiger partial charge on any atom is -0.492 e. The lowest BCUT2D eigenvalue weighted by Crippen LogP contribution is -2.15. The number of rotatable bonds is 3. The Morgan fingerprint density at radius 3 is 2.75 bits per heavy atom. The van der Waals surface area contributed by atoms with E-state index in [0.29, 0.717) is 42.0 Å². The van der Waals surface area contributed by atoms with Crippen LogP contribution < -0.4 is 10.5 Å². The fraction of sp³-hybridized carbons (Fsp3) is 0.115. The smallest absolute Gasteiger partial charge is 0.420 e. The van der Waals surface area contributed by atoms with Crippen molar-refractivity contribution in [1.29, 1.82) is 0 Å². The monoisotopic (exact) mass is 422 g/mol. The van der Waals surface area contributed by atoms with Gasteiger partial charge in [-0.3, -0.25) is 14.3 Å². The highest BCUT2D eigenvalue weighted by Gasteiger charge is 2.19. The Labute approximate surface area is 182 Å². The Bertz CT molecular complexity index is 1580. The molecule has 6 nitrogen and oxygen atoms in total. The number of oxazole rings is 1. The van der Waals surface area contributed by atoms with Crippen LogP contribution in [0.1, 0.15) is 22.3 Å². The van der Waals surface area contributed by atoms with E-state index in [4.69, 9.17) is 9.15 Å². The van der Waals surface area contributed by atoms with Gasteiger partial charge in [-0.1, -0.05) is 24.3 Å². The number of carbonyl (C=O) groups excluding carboxylic acids is 1. The predicted octanol–water partition coefficient (Wildman–Crippen LogP) is 4.82. The van der Waals surface area contributed by atoms with Gasteiger partial charge in [-0.25, -0.2) is 4.79 Å². The molecule has 2 aromatic heterocycles. The first-order valence-electron chi connectivity index (χ1n) is 10.4. The van der Waals surface area contributed by atoms with Gasteiger partial charge in [0.2, 0.25) is 0 Å². The normalized spacial score (nSPS) is 13.3. The van der Waals surface area contributed by atoms with Crippen LogP contribution in [0.3, 0.4) is 0 Å². The molecule has 5 aromatic rings. The summed E-state index contributed by atoms with van der Waals surface area (Å²) in [5.74, 6) is 0.301. The number of ketones is 1. The summed E-state index contributed by atoms with van der Waals surface area (Å²) < 4.78 is 12.7. The van der Waals surface area contributed by atoms with E-state index in [2.05, 4.69) is 4.98 Å². The molecule has 0 unspecified atom stereocenters. The summed E-state index contributed by atoms with van der Waals surface area (Å²) in [4.78, 5) is 29.3. The van der Waals surface area contributed by atoms with Crippen molar-refractivity contribution in [3.05, 3.63) is 94.6 Å². The van der Waals surface area contributed by atoms with Gasteiger partial charge in [0.05, 0.1) is 29.7 Å². The van der Waals surface area contributed by atoms with Gasteiger partial charge in [-0.2, -0.15) is 0 Å². The van der Waals surface area contributed by atoms with E-state index < -0.39 is 5.76 Å². The van der Waals surface area contributed by atoms with Gasteiger partial charge in [0.15, 0.2) is 11.4 Å². The van der Waals surface area contributed by atoms with Gasteiger partial charge >= 0.3 is 5.76 Å². The summed E-state index contributed by atoms with van der Waals surface area (Å²) in [7, 11) is 0. The molecular weight excluding hydrogens is 404 g/mol. The maximum atomic E-state index is 12.6. The third-order valence-corrected chi connectivity index (χ3v) is 5.88. The molecule has 32 heavy (non-hydrogen) atoms. The maximum Gasteiger partial charge on any atom is 0.420 e. The molecule has 1 aliphatic rings. The van der Waals surface area contributed by atoms with Crippen LogP contribution >= 0.6 is 0 Å². The van der Waals surface area contributed by atoms with Crippen LogP contribution in [0.4, 0.5) is 0 Å². The minimum atomic E-state index is -0.405. The molecule has 0 saturated heterocycles. The van der Waals surface area contributed by atoms with Crippen molar-refractivity contribution in [3.63, 3.8) is 0 Å². The average molecular weight is 422 g/mol. The lowest BCUT2D eigenvalue weighted by molar-refractivity contribution is 0.0933. The Morgan fingerprint density at radius 1 is 0.938 bits per heavy atom. The van der Waals surface area contributed by atoms with Crippen molar-refractivity contribution in [3.8, 4) is 16.9 Å². The summed E-state index contributed by atoms with van der Waals surface area (Å²) in [6, 6.07) is 21.1. The van der Waals surface area contributed by atoms with Crippen molar-refractivity contribution in [1.82, 2.24) is 9.55 Å². The number of hydrogen-bond acceptors (Lipinski definition) is 5. The third-order valence-electron chi connectivity index (χ3n) is 5.88. The van der Waals surface area contributed by atoms with Crippen molar-refractivity contribution in [2.75, 3.05) is 6.61 Å². The number of benzene rings is 3. The summed E-state index contributed by atoms with van der Waals surface area (Å²) >= 11 is 0. The molecule has 1 aliphatic heterocycles. The van der Waals surface area contributed by atoms with E-state index in [1.807, 2.05) is 60.7 Å². The summed E-state index contributed by atoms with van der Waals surface area (Å²) in [5.41, 5.74) is 5.52. The molecule has 0 amide bonds. The average Bonchev–Trinajstić information content (AvgIpc) is 3.13. The molecule has 0 spiro atoms. The molecular formula is C26H18N2O4. The van der Waals surface area contributed by atoms with Gasteiger partial charge in [-0.05, 0) is 59.2 Å². The summed E-state index contributed by atoms with van der Waals surface area (Å²) in [6.45, 7) is 0.805. The molecule has 0 saturated carbocycles. The Kier molecular flexibility index (Phi) is 4.18. The lowest BCUT2D eigenvalue weighted by Gasteiger charge is -2.17. The number of carbonyl (C=O) groups is 1. The molecule has 3 aromatic carbocycles. The van der Waals surface area contributed by atoms with Crippen LogP contribution in [0.5, 0.6) is 5.75 Å². The van der Waals surface area contributed by atoms with Crippen molar-refractivity contribution < 1.29 is 13.9 Å². The quantitative estimate of drug-likeness (QED) is 0.417. The van der Waals surface area contributed by atoms with E-state index in [0.717, 1.165) is 27.6 Å². The van der Waals surface area contributed by atoms with Gasteiger partial charge < -0.3 is 9.15 Å². The Morgan fingerprint density at radius 2 is 1.81 bits per heavy atom. The van der Waals surface area contributed by atoms with Crippen LogP contribution in [0.25, 0.3) is 33.1 Å². The van der Waals surface area contributed by atoms with Crippen LogP contribution in [0.2, 0.25) is 0 Å². The van der Waals surface area contributed by atoms with E-state index >= 15 is 0 Å². The molecule has 0 atom stereocenters. The van der Waals surface area contributed by atoms with Gasteiger partial charge in [0.25, 0.3) is 0 Å². The second-order valence-corrected chi connectivity index (χ2v) is 7.90. The summed E-state index contributed by atoms with van der Waals surface area (Å²) in [5, 5.41) is 1.02. The van der Waals surface area contributed by atoms with Crippen LogP contribution in [-0.4, -0.2) is 21.9 Å². The predicted molar refractivity (Wildman–Crippen MR) is 121 cm³/mol. The van der Waals surface area contributed by atoms with E-state index in [1.54, 1.807) is 16.8 Å². The maximum absolute atomic E-state index is 12.6. The number of nitrogens with zero attached hydrogens (tertiary/aromatic N) is 2. The number of pyridine rings is 1. The van der Waals surface area contributed by atoms with Crippen molar-refractivity contribution in [2.45, 2.75) is 13.0 Å². The Hall–Kier alpha value is -4.19. The first-order chi connectivity index (χ1) is 15.7. The summed E-state index contributed by atoms with van der Waals surface area (Å²) in [6.07, 6.45) is 2.15. The number of aromatic nitrogens is 2. The first-order valence-corrected chi connectivity index (χ1v) is 10.4. The largest absolute Gasteiger partial charge is 0.492 e. The molecule has 6 heteroatoms. The van der Waals surface area contributed by atoms with Crippen LogP contribution in [-0.2, 0) is 6.54 Å². The van der Waals surface area contributed by atoms with E-state index in [1.165, 1.54) is 0 Å². The molecule has 0 aliphatic carbocycles. The highest BCUT2D eigenvalue weighted by molar-refractivity contribution is 6.01. The van der Waals surface area contributed by atoms with Crippen LogP contribution in [0.15, 0.2) is 82.1 Å². The molecule has 156 valence electrons. The zero-order valence-electron chi connectivity index (χ0n) is 17.1. The molecule has 0 fully saturated rings. The number of Topliss-reactive ketones (excluding diaryl/α,β-unsaturated/α-hetero) is 1. The molecule has 3 heterocycles.